The number of rotatable bonds is 7. The molecule has 0 aliphatic rings. The van der Waals surface area contributed by atoms with E-state index in [1.54, 1.807) is 21.1 Å². The molecule has 0 aliphatic carbocycles. The average molecular weight is 473 g/mol. The van der Waals surface area contributed by atoms with Crippen LogP contribution in [0.1, 0.15) is 17.8 Å². The fourth-order valence-electron chi connectivity index (χ4n) is 4.09. The third kappa shape index (κ3) is 4.52. The van der Waals surface area contributed by atoms with Crippen LogP contribution in [0.2, 0.25) is 0 Å². The first kappa shape index (κ1) is 22.4. The lowest BCUT2D eigenvalue weighted by Crippen LogP contribution is -2.24. The van der Waals surface area contributed by atoms with Crippen LogP contribution in [-0.4, -0.2) is 25.1 Å². The first-order valence-electron chi connectivity index (χ1n) is 11.2. The Kier molecular flexibility index (Phi) is 6.05. The lowest BCUT2D eigenvalue weighted by atomic mass is 10.1. The monoisotopic (exact) mass is 473 g/mol. The van der Waals surface area contributed by atoms with Gasteiger partial charge in [-0.05, 0) is 36.2 Å². The Morgan fingerprint density at radius 2 is 1.66 bits per heavy atom. The highest BCUT2D eigenvalue weighted by Gasteiger charge is 2.17. The van der Waals surface area contributed by atoms with Crippen LogP contribution in [0.25, 0.3) is 16.7 Å². The van der Waals surface area contributed by atoms with E-state index in [0.29, 0.717) is 35.5 Å². The largest absolute Gasteiger partial charge is 0.326 e. The summed E-state index contributed by atoms with van der Waals surface area (Å²) in [6, 6.07) is 20.2. The molecule has 0 spiro atoms. The van der Waals surface area contributed by atoms with Crippen molar-refractivity contribution >= 4 is 28.3 Å². The molecule has 3 aromatic carbocycles. The molecule has 1 N–H and O–H groups in total. The Balaban J connectivity index is 1.44. The first-order valence-corrected chi connectivity index (χ1v) is 11.2. The number of aryl methyl sites for hydroxylation is 3. The summed E-state index contributed by atoms with van der Waals surface area (Å²) in [7, 11) is 0. The van der Waals surface area contributed by atoms with Crippen molar-refractivity contribution in [3.63, 3.8) is 0 Å². The van der Waals surface area contributed by atoms with Gasteiger partial charge >= 0.3 is 0 Å². The molecule has 2 aromatic heterocycles. The van der Waals surface area contributed by atoms with Crippen LogP contribution < -0.4 is 10.9 Å². The topological polar surface area (TPSA) is 81.3 Å². The Labute approximate surface area is 198 Å². The number of halogens is 2. The van der Waals surface area contributed by atoms with Gasteiger partial charge in [-0.1, -0.05) is 42.5 Å². The fraction of sp³-hybridized carbons (Fsp3) is 0.154. The molecule has 7 nitrogen and oxygen atoms in total. The van der Waals surface area contributed by atoms with Crippen LogP contribution in [0.4, 0.5) is 14.5 Å². The third-order valence-corrected chi connectivity index (χ3v) is 5.82. The van der Waals surface area contributed by atoms with Gasteiger partial charge in [0.1, 0.15) is 5.82 Å². The molecule has 5 rings (SSSR count). The minimum absolute atomic E-state index is 0.0389. The number of carbonyl (C=O) groups excluding carboxylic acids is 1. The summed E-state index contributed by atoms with van der Waals surface area (Å²) in [5.74, 6) is -1.48. The number of hydrogen-bond acceptors (Lipinski definition) is 4. The smallest absolute Gasteiger partial charge is 0.262 e. The summed E-state index contributed by atoms with van der Waals surface area (Å²) < 4.78 is 30.0. The molecule has 0 radical (unpaired) electrons. The number of nitrogens with one attached hydrogen (secondary N) is 1. The molecule has 0 saturated carbocycles. The molecule has 1 amide bonds. The maximum atomic E-state index is 13.4. The zero-order chi connectivity index (χ0) is 24.4. The fourth-order valence-corrected chi connectivity index (χ4v) is 4.09. The van der Waals surface area contributed by atoms with Gasteiger partial charge in [0.05, 0.1) is 10.9 Å². The number of nitrogens with zero attached hydrogens (tertiary/aromatic N) is 4. The number of amides is 1. The van der Waals surface area contributed by atoms with E-state index < -0.39 is 11.6 Å². The van der Waals surface area contributed by atoms with Crippen molar-refractivity contribution in [2.24, 2.45) is 0 Å². The van der Waals surface area contributed by atoms with Gasteiger partial charge in [0, 0.05) is 31.1 Å². The second-order valence-electron chi connectivity index (χ2n) is 8.14. The normalized spacial score (nSPS) is 11.3. The lowest BCUT2D eigenvalue weighted by molar-refractivity contribution is -0.116. The molecule has 9 heteroatoms. The van der Waals surface area contributed by atoms with Crippen molar-refractivity contribution in [2.75, 3.05) is 5.32 Å². The molecular formula is C26H21F2N5O2. The summed E-state index contributed by atoms with van der Waals surface area (Å²) in [5.41, 5.74) is 1.77. The second-order valence-corrected chi connectivity index (χ2v) is 8.14. The van der Waals surface area contributed by atoms with Crippen LogP contribution in [0, 0.1) is 11.6 Å². The van der Waals surface area contributed by atoms with Crippen LogP contribution in [-0.2, 0) is 24.2 Å². The van der Waals surface area contributed by atoms with E-state index in [1.807, 2.05) is 42.5 Å². The maximum absolute atomic E-state index is 13.4. The molecule has 0 saturated heterocycles. The maximum Gasteiger partial charge on any atom is 0.262 e. The summed E-state index contributed by atoms with van der Waals surface area (Å²) >= 11 is 0. The molecule has 0 unspecified atom stereocenters. The second kappa shape index (κ2) is 9.46. The van der Waals surface area contributed by atoms with E-state index in [0.717, 1.165) is 17.7 Å². The van der Waals surface area contributed by atoms with E-state index in [9.17, 15) is 18.4 Å². The molecule has 0 aliphatic heterocycles. The van der Waals surface area contributed by atoms with Crippen molar-refractivity contribution in [1.82, 2.24) is 19.2 Å². The quantitative estimate of drug-likeness (QED) is 0.385. The van der Waals surface area contributed by atoms with Crippen molar-refractivity contribution in [3.05, 3.63) is 106 Å². The SMILES string of the molecule is O=C(CCc1nnc2n(CCc3ccccc3)c(=O)c3ccccc3n12)Nc1ccc(F)c(F)c1. The predicted molar refractivity (Wildman–Crippen MR) is 128 cm³/mol. The highest BCUT2D eigenvalue weighted by molar-refractivity contribution is 5.90. The van der Waals surface area contributed by atoms with E-state index in [4.69, 9.17) is 0 Å². The van der Waals surface area contributed by atoms with Crippen molar-refractivity contribution in [1.29, 1.82) is 0 Å². The Morgan fingerprint density at radius 3 is 2.46 bits per heavy atom. The number of aromatic nitrogens is 4. The first-order chi connectivity index (χ1) is 17.0. The molecule has 0 fully saturated rings. The number of para-hydroxylation sites is 1. The molecular weight excluding hydrogens is 452 g/mol. The minimum Gasteiger partial charge on any atom is -0.326 e. The van der Waals surface area contributed by atoms with Crippen molar-refractivity contribution < 1.29 is 13.6 Å². The van der Waals surface area contributed by atoms with Gasteiger partial charge < -0.3 is 5.32 Å². The van der Waals surface area contributed by atoms with Crippen LogP contribution >= 0.6 is 0 Å². The molecule has 35 heavy (non-hydrogen) atoms. The van der Waals surface area contributed by atoms with Crippen LogP contribution in [0.3, 0.4) is 0 Å². The van der Waals surface area contributed by atoms with Gasteiger partial charge in [-0.25, -0.2) is 8.78 Å². The number of hydrogen-bond donors (Lipinski definition) is 1. The minimum atomic E-state index is -1.04. The molecule has 2 heterocycles. The van der Waals surface area contributed by atoms with E-state index in [-0.39, 0.29) is 30.0 Å². The van der Waals surface area contributed by atoms with Gasteiger partial charge in [0.25, 0.3) is 5.56 Å². The third-order valence-electron chi connectivity index (χ3n) is 5.82. The zero-order valence-corrected chi connectivity index (χ0v) is 18.6. The molecule has 5 aromatic rings. The Bertz CT molecular complexity index is 1590. The Morgan fingerprint density at radius 1 is 0.886 bits per heavy atom. The van der Waals surface area contributed by atoms with E-state index in [1.165, 1.54) is 6.07 Å². The van der Waals surface area contributed by atoms with E-state index >= 15 is 0 Å². The predicted octanol–water partition coefficient (Wildman–Crippen LogP) is 4.14. The summed E-state index contributed by atoms with van der Waals surface area (Å²) in [6.45, 7) is 0.423. The van der Waals surface area contributed by atoms with Gasteiger partial charge in [-0.3, -0.25) is 18.6 Å². The number of benzene rings is 3. The number of carbonyl (C=O) groups is 1. The zero-order valence-electron chi connectivity index (χ0n) is 18.6. The average Bonchev–Trinajstić information content (AvgIpc) is 3.29. The van der Waals surface area contributed by atoms with Gasteiger partial charge in [-0.15, -0.1) is 10.2 Å². The summed E-state index contributed by atoms with van der Waals surface area (Å²) in [5, 5.41) is 11.6. The lowest BCUT2D eigenvalue weighted by Gasteiger charge is -2.11. The number of anilines is 1. The highest BCUT2D eigenvalue weighted by Crippen LogP contribution is 2.17. The summed E-state index contributed by atoms with van der Waals surface area (Å²) in [4.78, 5) is 25.7. The van der Waals surface area contributed by atoms with Gasteiger partial charge in [-0.2, -0.15) is 0 Å². The molecule has 176 valence electrons. The van der Waals surface area contributed by atoms with Gasteiger partial charge in [0.15, 0.2) is 11.6 Å². The highest BCUT2D eigenvalue weighted by atomic mass is 19.2. The number of fused-ring (bicyclic) bond motifs is 3. The molecule has 0 atom stereocenters. The summed E-state index contributed by atoms with van der Waals surface area (Å²) in [6.07, 6.45) is 0.919. The molecule has 0 bridgehead atoms. The van der Waals surface area contributed by atoms with Crippen LogP contribution in [0.15, 0.2) is 77.6 Å². The standard InChI is InChI=1S/C26H21F2N5O2/c27-20-11-10-18(16-21(20)28)29-24(34)13-12-23-30-31-26-32(15-14-17-6-2-1-3-7-17)25(35)19-8-4-5-9-22(19)33(23)26/h1-11,16H,12-15H2,(H,29,34). The van der Waals surface area contributed by atoms with Crippen LogP contribution in [0.5, 0.6) is 0 Å². The Hall–Kier alpha value is -4.40. The van der Waals surface area contributed by atoms with Gasteiger partial charge in [0.2, 0.25) is 11.7 Å². The van der Waals surface area contributed by atoms with Crippen molar-refractivity contribution in [3.8, 4) is 0 Å². The van der Waals surface area contributed by atoms with Crippen molar-refractivity contribution in [2.45, 2.75) is 25.8 Å². The van der Waals surface area contributed by atoms with E-state index in [2.05, 4.69) is 15.5 Å².